The van der Waals surface area contributed by atoms with Gasteiger partial charge in [-0.15, -0.1) is 5.10 Å². The molecule has 1 aromatic carbocycles. The molecule has 16 heavy (non-hydrogen) atoms. The molecule has 0 aliphatic rings. The molecule has 0 spiro atoms. The first-order chi connectivity index (χ1) is 7.61. The van der Waals surface area contributed by atoms with Gasteiger partial charge in [0.05, 0.1) is 33.6 Å². The molecule has 4 nitrogen and oxygen atoms in total. The van der Waals surface area contributed by atoms with E-state index in [0.29, 0.717) is 26.4 Å². The molecule has 0 atom stereocenters. The summed E-state index contributed by atoms with van der Waals surface area (Å²) >= 11 is 17.7. The predicted molar refractivity (Wildman–Crippen MR) is 62.3 cm³/mol. The monoisotopic (exact) mass is 277 g/mol. The molecule has 1 aromatic heterocycles. The molecule has 84 valence electrons. The lowest BCUT2D eigenvalue weighted by Gasteiger charge is -2.05. The van der Waals surface area contributed by atoms with Crippen LogP contribution in [0, 0.1) is 0 Å². The van der Waals surface area contributed by atoms with E-state index < -0.39 is 0 Å². The number of aliphatic hydroxyl groups is 1. The largest absolute Gasteiger partial charge is 0.390 e. The van der Waals surface area contributed by atoms with Crippen molar-refractivity contribution >= 4 is 34.8 Å². The maximum absolute atomic E-state index is 8.87. The van der Waals surface area contributed by atoms with E-state index in [1.54, 1.807) is 12.3 Å². The highest BCUT2D eigenvalue weighted by molar-refractivity contribution is 6.43. The van der Waals surface area contributed by atoms with Crippen molar-refractivity contribution in [2.45, 2.75) is 6.61 Å². The van der Waals surface area contributed by atoms with E-state index in [4.69, 9.17) is 39.9 Å². The molecule has 0 aliphatic heterocycles. The molecule has 0 saturated carbocycles. The Hall–Kier alpha value is -0.810. The third-order valence-corrected chi connectivity index (χ3v) is 2.96. The summed E-state index contributed by atoms with van der Waals surface area (Å²) < 4.78 is 1.43. The van der Waals surface area contributed by atoms with Crippen LogP contribution in [0.25, 0.3) is 5.69 Å². The highest BCUT2D eigenvalue weighted by Crippen LogP contribution is 2.30. The molecule has 0 unspecified atom stereocenters. The van der Waals surface area contributed by atoms with Gasteiger partial charge in [0, 0.05) is 0 Å². The molecule has 2 rings (SSSR count). The molecule has 7 heteroatoms. The molecule has 0 radical (unpaired) electrons. The second kappa shape index (κ2) is 4.59. The lowest BCUT2D eigenvalue weighted by Crippen LogP contribution is -1.96. The first kappa shape index (κ1) is 11.7. The van der Waals surface area contributed by atoms with Crippen molar-refractivity contribution in [3.05, 3.63) is 39.1 Å². The summed E-state index contributed by atoms with van der Waals surface area (Å²) in [6, 6.07) is 3.11. The molecule has 0 bridgehead atoms. The first-order valence-electron chi connectivity index (χ1n) is 4.29. The van der Waals surface area contributed by atoms with Crippen LogP contribution in [-0.4, -0.2) is 20.1 Å². The van der Waals surface area contributed by atoms with E-state index in [1.165, 1.54) is 10.7 Å². The number of benzene rings is 1. The Labute approximate surface area is 106 Å². The van der Waals surface area contributed by atoms with Crippen molar-refractivity contribution in [3.8, 4) is 5.69 Å². The Morgan fingerprint density at radius 1 is 1.12 bits per heavy atom. The van der Waals surface area contributed by atoms with Crippen LogP contribution < -0.4 is 0 Å². The zero-order valence-corrected chi connectivity index (χ0v) is 10.1. The maximum Gasteiger partial charge on any atom is 0.109 e. The number of aliphatic hydroxyl groups excluding tert-OH is 1. The quantitative estimate of drug-likeness (QED) is 0.859. The number of rotatable bonds is 2. The molecule has 2 aromatic rings. The third-order valence-electron chi connectivity index (χ3n) is 1.94. The van der Waals surface area contributed by atoms with E-state index in [1.807, 2.05) is 0 Å². The van der Waals surface area contributed by atoms with Gasteiger partial charge in [-0.1, -0.05) is 40.0 Å². The fraction of sp³-hybridized carbons (Fsp3) is 0.111. The highest BCUT2D eigenvalue weighted by Gasteiger charge is 2.09. The highest BCUT2D eigenvalue weighted by atomic mass is 35.5. The Morgan fingerprint density at radius 3 is 2.44 bits per heavy atom. The summed E-state index contributed by atoms with van der Waals surface area (Å²) in [5.41, 5.74) is 1.01. The number of nitrogens with zero attached hydrogens (tertiary/aromatic N) is 3. The SMILES string of the molecule is OCc1cn(-c2cc(Cl)c(Cl)cc2Cl)nn1. The predicted octanol–water partition coefficient (Wildman–Crippen LogP) is 2.72. The fourth-order valence-corrected chi connectivity index (χ4v) is 1.80. The summed E-state index contributed by atoms with van der Waals surface area (Å²) in [5.74, 6) is 0. The van der Waals surface area contributed by atoms with E-state index in [9.17, 15) is 0 Å². The van der Waals surface area contributed by atoms with E-state index in [0.717, 1.165) is 0 Å². The Bertz CT molecular complexity index is 527. The number of hydrogen-bond acceptors (Lipinski definition) is 3. The molecule has 1 heterocycles. The molecule has 0 aliphatic carbocycles. The van der Waals surface area contributed by atoms with Gasteiger partial charge in [0.25, 0.3) is 0 Å². The van der Waals surface area contributed by atoms with Crippen LogP contribution in [0.4, 0.5) is 0 Å². The average Bonchev–Trinajstić information content (AvgIpc) is 2.71. The zero-order chi connectivity index (χ0) is 11.7. The average molecular weight is 279 g/mol. The minimum Gasteiger partial charge on any atom is -0.390 e. The molecular weight excluding hydrogens is 272 g/mol. The van der Waals surface area contributed by atoms with Crippen LogP contribution in [0.15, 0.2) is 18.3 Å². The fourth-order valence-electron chi connectivity index (χ4n) is 1.18. The molecular formula is C9H6Cl3N3O. The van der Waals surface area contributed by atoms with Crippen LogP contribution in [0.3, 0.4) is 0 Å². The lowest BCUT2D eigenvalue weighted by atomic mass is 10.3. The van der Waals surface area contributed by atoms with Gasteiger partial charge in [-0.25, -0.2) is 4.68 Å². The van der Waals surface area contributed by atoms with Crippen LogP contribution in [0.1, 0.15) is 5.69 Å². The normalized spacial score (nSPS) is 10.8. The van der Waals surface area contributed by atoms with Crippen LogP contribution >= 0.6 is 34.8 Å². The summed E-state index contributed by atoms with van der Waals surface area (Å²) in [5, 5.41) is 17.6. The van der Waals surface area contributed by atoms with E-state index in [-0.39, 0.29) is 6.61 Å². The second-order valence-corrected chi connectivity index (χ2v) is 4.25. The summed E-state index contributed by atoms with van der Waals surface area (Å²) in [6.45, 7) is -0.182. The van der Waals surface area contributed by atoms with Crippen molar-refractivity contribution in [1.82, 2.24) is 15.0 Å². The summed E-state index contributed by atoms with van der Waals surface area (Å²) in [6.07, 6.45) is 1.56. The second-order valence-electron chi connectivity index (χ2n) is 3.03. The first-order valence-corrected chi connectivity index (χ1v) is 5.42. The minimum absolute atomic E-state index is 0.182. The third kappa shape index (κ3) is 2.15. The van der Waals surface area contributed by atoms with Crippen molar-refractivity contribution in [1.29, 1.82) is 0 Å². The van der Waals surface area contributed by atoms with Gasteiger partial charge < -0.3 is 5.11 Å². The van der Waals surface area contributed by atoms with Crippen molar-refractivity contribution < 1.29 is 5.11 Å². The van der Waals surface area contributed by atoms with Crippen molar-refractivity contribution in [3.63, 3.8) is 0 Å². The van der Waals surface area contributed by atoms with Gasteiger partial charge in [0.15, 0.2) is 0 Å². The number of halogens is 3. The number of aromatic nitrogens is 3. The Morgan fingerprint density at radius 2 is 1.81 bits per heavy atom. The molecule has 0 amide bonds. The zero-order valence-electron chi connectivity index (χ0n) is 7.86. The van der Waals surface area contributed by atoms with Crippen LogP contribution in [-0.2, 0) is 6.61 Å². The number of hydrogen-bond donors (Lipinski definition) is 1. The van der Waals surface area contributed by atoms with Gasteiger partial charge in [-0.05, 0) is 12.1 Å². The Kier molecular flexibility index (Phi) is 3.35. The molecule has 0 saturated heterocycles. The van der Waals surface area contributed by atoms with Gasteiger partial charge in [0.1, 0.15) is 5.69 Å². The van der Waals surface area contributed by atoms with Crippen LogP contribution in [0.2, 0.25) is 15.1 Å². The van der Waals surface area contributed by atoms with Gasteiger partial charge in [0.2, 0.25) is 0 Å². The van der Waals surface area contributed by atoms with Crippen LogP contribution in [0.5, 0.6) is 0 Å². The van der Waals surface area contributed by atoms with Gasteiger partial charge in [-0.2, -0.15) is 0 Å². The summed E-state index contributed by atoms with van der Waals surface area (Å²) in [4.78, 5) is 0. The summed E-state index contributed by atoms with van der Waals surface area (Å²) in [7, 11) is 0. The maximum atomic E-state index is 8.87. The molecule has 1 N–H and O–H groups in total. The smallest absolute Gasteiger partial charge is 0.109 e. The minimum atomic E-state index is -0.182. The van der Waals surface area contributed by atoms with Crippen molar-refractivity contribution in [2.24, 2.45) is 0 Å². The van der Waals surface area contributed by atoms with Crippen molar-refractivity contribution in [2.75, 3.05) is 0 Å². The Balaban J connectivity index is 2.51. The van der Waals surface area contributed by atoms with E-state index in [2.05, 4.69) is 10.3 Å². The standard InChI is InChI=1S/C9H6Cl3N3O/c10-6-1-8(12)9(2-7(6)11)15-3-5(4-16)13-14-15/h1-3,16H,4H2. The molecule has 0 fully saturated rings. The van der Waals surface area contributed by atoms with Gasteiger partial charge >= 0.3 is 0 Å². The topological polar surface area (TPSA) is 50.9 Å². The van der Waals surface area contributed by atoms with E-state index >= 15 is 0 Å². The van der Waals surface area contributed by atoms with Gasteiger partial charge in [-0.3, -0.25) is 0 Å². The lowest BCUT2D eigenvalue weighted by molar-refractivity contribution is 0.276.